The summed E-state index contributed by atoms with van der Waals surface area (Å²) < 4.78 is 16.3. The first kappa shape index (κ1) is 15.7. The molecule has 0 aliphatic carbocycles. The Morgan fingerprint density at radius 2 is 1.62 bits per heavy atom. The maximum Gasteiger partial charge on any atom is 0.164 e. The highest BCUT2D eigenvalue weighted by molar-refractivity contribution is 5.52. The highest BCUT2D eigenvalue weighted by Crippen LogP contribution is 2.39. The van der Waals surface area contributed by atoms with Crippen molar-refractivity contribution in [3.05, 3.63) is 30.4 Å². The molecule has 1 saturated heterocycles. The Bertz CT molecular complexity index is 485. The number of hydrogen-bond donors (Lipinski definition) is 1. The predicted molar refractivity (Wildman–Crippen MR) is 83.5 cm³/mol. The third kappa shape index (κ3) is 3.31. The van der Waals surface area contributed by atoms with Crippen molar-refractivity contribution in [1.82, 2.24) is 10.2 Å². The summed E-state index contributed by atoms with van der Waals surface area (Å²) in [4.78, 5) is 2.38. The van der Waals surface area contributed by atoms with Crippen LogP contribution in [0.4, 0.5) is 0 Å². The highest BCUT2D eigenvalue weighted by Gasteiger charge is 2.24. The first-order chi connectivity index (χ1) is 10.2. The second kappa shape index (κ2) is 7.33. The van der Waals surface area contributed by atoms with Gasteiger partial charge in [-0.2, -0.15) is 0 Å². The maximum absolute atomic E-state index is 5.54. The molecule has 1 aliphatic rings. The molecular formula is C16H24N2O3. The lowest BCUT2D eigenvalue weighted by atomic mass is 10.0. The molecule has 1 heterocycles. The molecule has 0 saturated carbocycles. The molecule has 1 aliphatic heterocycles. The molecule has 0 spiro atoms. The standard InChI is InChI=1S/C16H24N2O3/c1-5-13(18-8-6-17-7-9-18)12-10-15(20-3)16(21-4)11-14(12)19-2/h5,10-11,13,17H,1,6-9H2,2-4H3/t13-/m0/s1. The quantitative estimate of drug-likeness (QED) is 0.811. The molecule has 5 heteroatoms. The summed E-state index contributed by atoms with van der Waals surface area (Å²) in [6.45, 7) is 7.93. The Morgan fingerprint density at radius 3 is 2.14 bits per heavy atom. The van der Waals surface area contributed by atoms with Gasteiger partial charge in [0.2, 0.25) is 0 Å². The third-order valence-corrected chi connectivity index (χ3v) is 3.82. The fourth-order valence-corrected chi connectivity index (χ4v) is 2.72. The van der Waals surface area contributed by atoms with Crippen LogP contribution >= 0.6 is 0 Å². The van der Waals surface area contributed by atoms with E-state index in [0.29, 0.717) is 11.5 Å². The van der Waals surface area contributed by atoms with Gasteiger partial charge >= 0.3 is 0 Å². The molecule has 1 atom stereocenters. The van der Waals surface area contributed by atoms with E-state index in [-0.39, 0.29) is 6.04 Å². The number of piperazine rings is 1. The SMILES string of the molecule is C=C[C@@H](c1cc(OC)c(OC)cc1OC)N1CCNCC1. The van der Waals surface area contributed by atoms with Crippen LogP contribution in [0, 0.1) is 0 Å². The van der Waals surface area contributed by atoms with Crippen LogP contribution < -0.4 is 19.5 Å². The van der Waals surface area contributed by atoms with Gasteiger partial charge in [-0.15, -0.1) is 6.58 Å². The third-order valence-electron chi connectivity index (χ3n) is 3.82. The van der Waals surface area contributed by atoms with Gasteiger partial charge in [-0.25, -0.2) is 0 Å². The van der Waals surface area contributed by atoms with Crippen molar-refractivity contribution in [2.24, 2.45) is 0 Å². The van der Waals surface area contributed by atoms with Crippen molar-refractivity contribution in [1.29, 1.82) is 0 Å². The smallest absolute Gasteiger partial charge is 0.164 e. The lowest BCUT2D eigenvalue weighted by Crippen LogP contribution is -2.44. The van der Waals surface area contributed by atoms with E-state index in [2.05, 4.69) is 16.8 Å². The molecule has 0 bridgehead atoms. The van der Waals surface area contributed by atoms with Gasteiger partial charge in [0.1, 0.15) is 5.75 Å². The Morgan fingerprint density at radius 1 is 1.05 bits per heavy atom. The van der Waals surface area contributed by atoms with Crippen LogP contribution in [0.2, 0.25) is 0 Å². The molecule has 1 N–H and O–H groups in total. The van der Waals surface area contributed by atoms with Crippen molar-refractivity contribution in [2.75, 3.05) is 47.5 Å². The minimum atomic E-state index is 0.0989. The average molecular weight is 292 g/mol. The predicted octanol–water partition coefficient (Wildman–Crippen LogP) is 1.84. The van der Waals surface area contributed by atoms with Crippen LogP contribution in [0.5, 0.6) is 17.2 Å². The van der Waals surface area contributed by atoms with Crippen LogP contribution in [0.25, 0.3) is 0 Å². The first-order valence-electron chi connectivity index (χ1n) is 7.12. The van der Waals surface area contributed by atoms with Crippen LogP contribution in [0.1, 0.15) is 11.6 Å². The number of benzene rings is 1. The first-order valence-corrected chi connectivity index (χ1v) is 7.12. The van der Waals surface area contributed by atoms with E-state index in [1.807, 2.05) is 18.2 Å². The lowest BCUT2D eigenvalue weighted by Gasteiger charge is -2.34. The fourth-order valence-electron chi connectivity index (χ4n) is 2.72. The van der Waals surface area contributed by atoms with Crippen molar-refractivity contribution < 1.29 is 14.2 Å². The van der Waals surface area contributed by atoms with Crippen molar-refractivity contribution >= 4 is 0 Å². The van der Waals surface area contributed by atoms with Gasteiger partial charge in [-0.3, -0.25) is 4.90 Å². The van der Waals surface area contributed by atoms with Gasteiger partial charge in [0.05, 0.1) is 27.4 Å². The number of nitrogens with one attached hydrogen (secondary N) is 1. The molecule has 0 amide bonds. The summed E-state index contributed by atoms with van der Waals surface area (Å²) >= 11 is 0. The van der Waals surface area contributed by atoms with Crippen LogP contribution in [0.15, 0.2) is 24.8 Å². The lowest BCUT2D eigenvalue weighted by molar-refractivity contribution is 0.200. The van der Waals surface area contributed by atoms with Crippen LogP contribution in [0.3, 0.4) is 0 Å². The molecule has 0 unspecified atom stereocenters. The summed E-state index contributed by atoms with van der Waals surface area (Å²) in [7, 11) is 4.93. The Kier molecular flexibility index (Phi) is 5.47. The van der Waals surface area contributed by atoms with Gasteiger partial charge in [0.25, 0.3) is 0 Å². The van der Waals surface area contributed by atoms with Gasteiger partial charge in [0, 0.05) is 37.8 Å². The van der Waals surface area contributed by atoms with Gasteiger partial charge in [-0.05, 0) is 6.07 Å². The zero-order chi connectivity index (χ0) is 15.2. The number of methoxy groups -OCH3 is 3. The zero-order valence-electron chi connectivity index (χ0n) is 13.0. The Hall–Kier alpha value is -1.72. The van der Waals surface area contributed by atoms with Crippen molar-refractivity contribution in [2.45, 2.75) is 6.04 Å². The Balaban J connectivity index is 2.40. The van der Waals surface area contributed by atoms with E-state index in [9.17, 15) is 0 Å². The molecule has 1 fully saturated rings. The van der Waals surface area contributed by atoms with E-state index in [0.717, 1.165) is 37.5 Å². The molecule has 5 nitrogen and oxygen atoms in total. The number of hydrogen-bond acceptors (Lipinski definition) is 5. The zero-order valence-corrected chi connectivity index (χ0v) is 13.0. The summed E-state index contributed by atoms with van der Waals surface area (Å²) in [5, 5.41) is 3.36. The van der Waals surface area contributed by atoms with Crippen LogP contribution in [-0.2, 0) is 0 Å². The maximum atomic E-state index is 5.54. The van der Waals surface area contributed by atoms with E-state index in [4.69, 9.17) is 14.2 Å². The van der Waals surface area contributed by atoms with Gasteiger partial charge in [0.15, 0.2) is 11.5 Å². The molecule has 21 heavy (non-hydrogen) atoms. The number of ether oxygens (including phenoxy) is 3. The second-order valence-electron chi connectivity index (χ2n) is 4.92. The van der Waals surface area contributed by atoms with Gasteiger partial charge < -0.3 is 19.5 Å². The van der Waals surface area contributed by atoms with Crippen LogP contribution in [-0.4, -0.2) is 52.4 Å². The average Bonchev–Trinajstić information content (AvgIpc) is 2.56. The van der Waals surface area contributed by atoms with E-state index < -0.39 is 0 Å². The summed E-state index contributed by atoms with van der Waals surface area (Å²) in [6, 6.07) is 3.95. The topological polar surface area (TPSA) is 43.0 Å². The van der Waals surface area contributed by atoms with Gasteiger partial charge in [-0.1, -0.05) is 6.08 Å². The minimum absolute atomic E-state index is 0.0989. The molecular weight excluding hydrogens is 268 g/mol. The monoisotopic (exact) mass is 292 g/mol. The largest absolute Gasteiger partial charge is 0.496 e. The molecule has 1 aromatic carbocycles. The van der Waals surface area contributed by atoms with E-state index in [1.165, 1.54) is 0 Å². The van der Waals surface area contributed by atoms with Crippen molar-refractivity contribution in [3.63, 3.8) is 0 Å². The highest BCUT2D eigenvalue weighted by atomic mass is 16.5. The van der Waals surface area contributed by atoms with E-state index in [1.54, 1.807) is 21.3 Å². The minimum Gasteiger partial charge on any atom is -0.496 e. The van der Waals surface area contributed by atoms with E-state index >= 15 is 0 Å². The normalized spacial score (nSPS) is 17.1. The number of rotatable bonds is 6. The number of nitrogens with zero attached hydrogens (tertiary/aromatic N) is 1. The second-order valence-corrected chi connectivity index (χ2v) is 4.92. The van der Waals surface area contributed by atoms with Crippen molar-refractivity contribution in [3.8, 4) is 17.2 Å². The summed E-state index contributed by atoms with van der Waals surface area (Å²) in [5.41, 5.74) is 1.05. The molecule has 2 rings (SSSR count). The molecule has 0 radical (unpaired) electrons. The fraction of sp³-hybridized carbons (Fsp3) is 0.500. The summed E-state index contributed by atoms with van der Waals surface area (Å²) in [5.74, 6) is 2.16. The summed E-state index contributed by atoms with van der Waals surface area (Å²) in [6.07, 6.45) is 1.95. The molecule has 0 aromatic heterocycles. The molecule has 1 aromatic rings. The molecule has 116 valence electrons. The Labute approximate surface area is 126 Å².